The maximum atomic E-state index is 5.45. The Morgan fingerprint density at radius 2 is 2.36 bits per heavy atom. The Morgan fingerprint density at radius 1 is 1.55 bits per heavy atom. The molecule has 1 fully saturated rings. The van der Waals surface area contributed by atoms with Crippen LogP contribution in [0.5, 0.6) is 0 Å². The van der Waals surface area contributed by atoms with Crippen molar-refractivity contribution in [3.8, 4) is 0 Å². The Hall–Kier alpha value is -0.0800. The van der Waals surface area contributed by atoms with Gasteiger partial charge in [-0.2, -0.15) is 0 Å². The van der Waals surface area contributed by atoms with Crippen LogP contribution in [0.2, 0.25) is 0 Å². The van der Waals surface area contributed by atoms with Gasteiger partial charge in [-0.15, -0.1) is 0 Å². The summed E-state index contributed by atoms with van der Waals surface area (Å²) in [6.45, 7) is 7.41. The first-order chi connectivity index (χ1) is 5.33. The number of nitrogens with one attached hydrogen (secondary N) is 1. The van der Waals surface area contributed by atoms with Crippen molar-refractivity contribution < 1.29 is 4.74 Å². The van der Waals surface area contributed by atoms with E-state index >= 15 is 0 Å². The molecule has 1 rings (SSSR count). The Morgan fingerprint density at radius 3 is 2.91 bits per heavy atom. The van der Waals surface area contributed by atoms with Gasteiger partial charge < -0.3 is 10.1 Å². The molecule has 0 spiro atoms. The largest absolute Gasteiger partial charge is 0.380 e. The van der Waals surface area contributed by atoms with Gasteiger partial charge in [0.25, 0.3) is 0 Å². The molecular weight excluding hydrogens is 138 g/mol. The molecule has 2 atom stereocenters. The maximum Gasteiger partial charge on any atom is 0.0619 e. The summed E-state index contributed by atoms with van der Waals surface area (Å²) >= 11 is 0. The maximum absolute atomic E-state index is 5.45. The highest BCUT2D eigenvalue weighted by atomic mass is 16.5. The van der Waals surface area contributed by atoms with E-state index in [4.69, 9.17) is 4.74 Å². The summed E-state index contributed by atoms with van der Waals surface area (Å²) in [4.78, 5) is 0. The van der Waals surface area contributed by atoms with Crippen molar-refractivity contribution in [1.29, 1.82) is 0 Å². The van der Waals surface area contributed by atoms with E-state index in [-0.39, 0.29) is 0 Å². The van der Waals surface area contributed by atoms with Crippen molar-refractivity contribution in [2.75, 3.05) is 19.8 Å². The Kier molecular flexibility index (Phi) is 3.87. The first kappa shape index (κ1) is 9.01. The van der Waals surface area contributed by atoms with Crippen LogP contribution >= 0.6 is 0 Å². The van der Waals surface area contributed by atoms with E-state index in [9.17, 15) is 0 Å². The fraction of sp³-hybridized carbons (Fsp3) is 1.00. The Balaban J connectivity index is 1.99. The summed E-state index contributed by atoms with van der Waals surface area (Å²) in [5, 5.41) is 3.44. The fourth-order valence-corrected chi connectivity index (χ4v) is 1.52. The van der Waals surface area contributed by atoms with E-state index in [1.54, 1.807) is 0 Å². The van der Waals surface area contributed by atoms with E-state index in [1.165, 1.54) is 13.0 Å². The predicted molar refractivity (Wildman–Crippen MR) is 46.7 cm³/mol. The van der Waals surface area contributed by atoms with Crippen molar-refractivity contribution in [2.45, 2.75) is 32.7 Å². The summed E-state index contributed by atoms with van der Waals surface area (Å²) in [7, 11) is 0. The van der Waals surface area contributed by atoms with Gasteiger partial charge in [0.1, 0.15) is 0 Å². The molecular formula is C9H19NO. The smallest absolute Gasteiger partial charge is 0.0619 e. The van der Waals surface area contributed by atoms with Crippen LogP contribution in [0.25, 0.3) is 0 Å². The average Bonchev–Trinajstić information content (AvgIpc) is 2.37. The lowest BCUT2D eigenvalue weighted by Crippen LogP contribution is -2.26. The average molecular weight is 157 g/mol. The molecule has 1 aliphatic heterocycles. The van der Waals surface area contributed by atoms with Crippen LogP contribution in [0.1, 0.15) is 26.7 Å². The van der Waals surface area contributed by atoms with Crippen molar-refractivity contribution in [3.63, 3.8) is 0 Å². The highest BCUT2D eigenvalue weighted by molar-refractivity contribution is 4.78. The number of hydrogen-bond acceptors (Lipinski definition) is 2. The zero-order valence-electron chi connectivity index (χ0n) is 7.60. The third-order valence-electron chi connectivity index (χ3n) is 2.11. The molecule has 0 radical (unpaired) electrons. The molecule has 2 heteroatoms. The van der Waals surface area contributed by atoms with E-state index in [0.29, 0.717) is 6.04 Å². The summed E-state index contributed by atoms with van der Waals surface area (Å²) in [5.74, 6) is 0.838. The monoisotopic (exact) mass is 157 g/mol. The molecule has 0 amide bonds. The SMILES string of the molecule is CCCOCC1C[C@H](C)CN1. The molecule has 1 saturated heterocycles. The molecule has 0 aromatic carbocycles. The minimum absolute atomic E-state index is 0.622. The molecule has 0 aromatic heterocycles. The van der Waals surface area contributed by atoms with Crippen molar-refractivity contribution in [1.82, 2.24) is 5.32 Å². The molecule has 11 heavy (non-hydrogen) atoms. The molecule has 0 saturated carbocycles. The molecule has 0 aromatic rings. The Labute approximate surface area is 69.3 Å². The quantitative estimate of drug-likeness (QED) is 0.623. The summed E-state index contributed by atoms with van der Waals surface area (Å²) in [5.41, 5.74) is 0. The van der Waals surface area contributed by atoms with Crippen LogP contribution in [-0.2, 0) is 4.74 Å². The second-order valence-corrected chi connectivity index (χ2v) is 3.52. The van der Waals surface area contributed by atoms with Crippen LogP contribution in [0, 0.1) is 5.92 Å². The van der Waals surface area contributed by atoms with Crippen molar-refractivity contribution in [3.05, 3.63) is 0 Å². The minimum Gasteiger partial charge on any atom is -0.380 e. The summed E-state index contributed by atoms with van der Waals surface area (Å²) in [6, 6.07) is 0.622. The van der Waals surface area contributed by atoms with Gasteiger partial charge in [0, 0.05) is 12.6 Å². The van der Waals surface area contributed by atoms with Gasteiger partial charge in [-0.25, -0.2) is 0 Å². The fourth-order valence-electron chi connectivity index (χ4n) is 1.52. The zero-order chi connectivity index (χ0) is 8.10. The molecule has 0 aliphatic carbocycles. The van der Waals surface area contributed by atoms with Crippen molar-refractivity contribution >= 4 is 0 Å². The van der Waals surface area contributed by atoms with Gasteiger partial charge in [0.05, 0.1) is 6.61 Å². The molecule has 1 unspecified atom stereocenters. The number of rotatable bonds is 4. The van der Waals surface area contributed by atoms with Gasteiger partial charge in [0.15, 0.2) is 0 Å². The summed E-state index contributed by atoms with van der Waals surface area (Å²) in [6.07, 6.45) is 2.41. The van der Waals surface area contributed by atoms with Crippen LogP contribution in [0.15, 0.2) is 0 Å². The predicted octanol–water partition coefficient (Wildman–Crippen LogP) is 1.41. The first-order valence-corrected chi connectivity index (χ1v) is 4.64. The second-order valence-electron chi connectivity index (χ2n) is 3.52. The third-order valence-corrected chi connectivity index (χ3v) is 2.11. The van der Waals surface area contributed by atoms with Crippen LogP contribution < -0.4 is 5.32 Å². The van der Waals surface area contributed by atoms with Crippen LogP contribution in [-0.4, -0.2) is 25.8 Å². The topological polar surface area (TPSA) is 21.3 Å². The molecule has 0 bridgehead atoms. The zero-order valence-corrected chi connectivity index (χ0v) is 7.60. The molecule has 1 N–H and O–H groups in total. The van der Waals surface area contributed by atoms with E-state index in [0.717, 1.165) is 25.6 Å². The number of hydrogen-bond donors (Lipinski definition) is 1. The van der Waals surface area contributed by atoms with Gasteiger partial charge in [-0.05, 0) is 25.3 Å². The lowest BCUT2D eigenvalue weighted by Gasteiger charge is -2.09. The number of ether oxygens (including phenoxy) is 1. The first-order valence-electron chi connectivity index (χ1n) is 4.64. The molecule has 66 valence electrons. The van der Waals surface area contributed by atoms with E-state index < -0.39 is 0 Å². The van der Waals surface area contributed by atoms with E-state index in [1.807, 2.05) is 0 Å². The van der Waals surface area contributed by atoms with Crippen LogP contribution in [0.3, 0.4) is 0 Å². The molecule has 1 heterocycles. The van der Waals surface area contributed by atoms with E-state index in [2.05, 4.69) is 19.2 Å². The van der Waals surface area contributed by atoms with Gasteiger partial charge >= 0.3 is 0 Å². The normalized spacial score (nSPS) is 31.1. The lowest BCUT2D eigenvalue weighted by molar-refractivity contribution is 0.116. The lowest BCUT2D eigenvalue weighted by atomic mass is 10.1. The highest BCUT2D eigenvalue weighted by Crippen LogP contribution is 2.12. The van der Waals surface area contributed by atoms with Crippen molar-refractivity contribution in [2.24, 2.45) is 5.92 Å². The third kappa shape index (κ3) is 3.21. The minimum atomic E-state index is 0.622. The second kappa shape index (κ2) is 4.73. The molecule has 2 nitrogen and oxygen atoms in total. The van der Waals surface area contributed by atoms with Gasteiger partial charge in [-0.1, -0.05) is 13.8 Å². The Bertz CT molecular complexity index is 106. The van der Waals surface area contributed by atoms with Crippen LogP contribution in [0.4, 0.5) is 0 Å². The molecule has 1 aliphatic rings. The standard InChI is InChI=1S/C9H19NO/c1-3-4-11-7-9-5-8(2)6-10-9/h8-10H,3-7H2,1-2H3/t8-,9?/m0/s1. The van der Waals surface area contributed by atoms with Gasteiger partial charge in [-0.3, -0.25) is 0 Å². The van der Waals surface area contributed by atoms with Gasteiger partial charge in [0.2, 0.25) is 0 Å². The highest BCUT2D eigenvalue weighted by Gasteiger charge is 2.19. The summed E-state index contributed by atoms with van der Waals surface area (Å²) < 4.78 is 5.45.